The monoisotopic (exact) mass is 181 g/mol. The molecule has 4 heteroatoms. The fourth-order valence-electron chi connectivity index (χ4n) is 1.24. The molecule has 0 unspecified atom stereocenters. The van der Waals surface area contributed by atoms with E-state index in [9.17, 15) is 4.79 Å². The molecule has 0 atom stereocenters. The van der Waals surface area contributed by atoms with Crippen molar-refractivity contribution in [3.05, 3.63) is 17.5 Å². The summed E-state index contributed by atoms with van der Waals surface area (Å²) in [4.78, 5) is 10.6. The summed E-state index contributed by atoms with van der Waals surface area (Å²) in [6, 6.07) is 2.02. The van der Waals surface area contributed by atoms with Crippen LogP contribution in [-0.4, -0.2) is 22.2 Å². The quantitative estimate of drug-likeness (QED) is 0.743. The molecule has 1 heterocycles. The summed E-state index contributed by atoms with van der Waals surface area (Å²) >= 11 is 0. The maximum absolute atomic E-state index is 10.6. The predicted molar refractivity (Wildman–Crippen MR) is 50.4 cm³/mol. The Hall–Kier alpha value is -1.32. The van der Waals surface area contributed by atoms with Crippen LogP contribution in [0.5, 0.6) is 0 Å². The van der Waals surface area contributed by atoms with Crippen molar-refractivity contribution in [2.75, 3.05) is 6.54 Å². The van der Waals surface area contributed by atoms with Gasteiger partial charge in [0.1, 0.15) is 0 Å². The zero-order valence-corrected chi connectivity index (χ0v) is 8.29. The standard InChI is InChI=1S/C9H15N3O/c1-7-6-8(2)12(11-7)5-4-10-9(3)13/h6H,4-5H2,1-3H3,(H,10,13). The van der Waals surface area contributed by atoms with Gasteiger partial charge in [-0.1, -0.05) is 0 Å². The Balaban J connectivity index is 2.45. The molecular formula is C9H15N3O. The summed E-state index contributed by atoms with van der Waals surface area (Å²) in [6.45, 7) is 6.85. The minimum atomic E-state index is 0.00142. The van der Waals surface area contributed by atoms with Gasteiger partial charge in [-0.3, -0.25) is 9.48 Å². The number of amides is 1. The van der Waals surface area contributed by atoms with Gasteiger partial charge in [0.15, 0.2) is 0 Å². The van der Waals surface area contributed by atoms with Gasteiger partial charge in [0.2, 0.25) is 5.91 Å². The Morgan fingerprint density at radius 1 is 1.62 bits per heavy atom. The van der Waals surface area contributed by atoms with Crippen LogP contribution in [0.15, 0.2) is 6.07 Å². The first kappa shape index (κ1) is 9.77. The van der Waals surface area contributed by atoms with Crippen molar-refractivity contribution in [1.29, 1.82) is 0 Å². The molecule has 1 rings (SSSR count). The molecule has 0 aliphatic rings. The third-order valence-corrected chi connectivity index (χ3v) is 1.80. The first-order valence-corrected chi connectivity index (χ1v) is 4.35. The van der Waals surface area contributed by atoms with Crippen molar-refractivity contribution in [2.45, 2.75) is 27.3 Å². The number of nitrogens with zero attached hydrogens (tertiary/aromatic N) is 2. The first-order chi connectivity index (χ1) is 6.09. The van der Waals surface area contributed by atoms with E-state index < -0.39 is 0 Å². The molecule has 0 aliphatic heterocycles. The maximum Gasteiger partial charge on any atom is 0.216 e. The van der Waals surface area contributed by atoms with E-state index in [2.05, 4.69) is 10.4 Å². The molecule has 0 saturated carbocycles. The van der Waals surface area contributed by atoms with Crippen molar-refractivity contribution < 1.29 is 4.79 Å². The van der Waals surface area contributed by atoms with E-state index in [1.165, 1.54) is 6.92 Å². The average molecular weight is 181 g/mol. The molecule has 0 saturated heterocycles. The van der Waals surface area contributed by atoms with Gasteiger partial charge in [0.25, 0.3) is 0 Å². The summed E-state index contributed by atoms with van der Waals surface area (Å²) in [5.74, 6) is 0.00142. The second kappa shape index (κ2) is 4.07. The largest absolute Gasteiger partial charge is 0.354 e. The van der Waals surface area contributed by atoms with Crippen LogP contribution < -0.4 is 5.32 Å². The second-order valence-electron chi connectivity index (χ2n) is 3.13. The highest BCUT2D eigenvalue weighted by Crippen LogP contribution is 2.00. The third kappa shape index (κ3) is 2.89. The molecule has 1 amide bonds. The molecule has 72 valence electrons. The van der Waals surface area contributed by atoms with Gasteiger partial charge in [-0.05, 0) is 19.9 Å². The Labute approximate surface area is 77.9 Å². The fourth-order valence-corrected chi connectivity index (χ4v) is 1.24. The number of hydrogen-bond donors (Lipinski definition) is 1. The molecule has 1 aromatic heterocycles. The smallest absolute Gasteiger partial charge is 0.216 e. The molecular weight excluding hydrogens is 166 g/mol. The van der Waals surface area contributed by atoms with Crippen LogP contribution in [0.4, 0.5) is 0 Å². The van der Waals surface area contributed by atoms with Crippen molar-refractivity contribution in [3.63, 3.8) is 0 Å². The Morgan fingerprint density at radius 2 is 2.31 bits per heavy atom. The highest BCUT2D eigenvalue weighted by Gasteiger charge is 1.99. The van der Waals surface area contributed by atoms with Gasteiger partial charge in [0.05, 0.1) is 12.2 Å². The van der Waals surface area contributed by atoms with E-state index in [1.807, 2.05) is 24.6 Å². The van der Waals surface area contributed by atoms with Crippen molar-refractivity contribution in [1.82, 2.24) is 15.1 Å². The molecule has 0 aliphatic carbocycles. The number of rotatable bonds is 3. The molecule has 1 N–H and O–H groups in total. The Kier molecular flexibility index (Phi) is 3.06. The molecule has 0 spiro atoms. The van der Waals surface area contributed by atoms with Crippen LogP contribution in [0.25, 0.3) is 0 Å². The van der Waals surface area contributed by atoms with E-state index in [0.29, 0.717) is 6.54 Å². The molecule has 0 bridgehead atoms. The van der Waals surface area contributed by atoms with Gasteiger partial charge >= 0.3 is 0 Å². The number of aromatic nitrogens is 2. The summed E-state index contributed by atoms with van der Waals surface area (Å²) < 4.78 is 1.89. The van der Waals surface area contributed by atoms with E-state index in [-0.39, 0.29) is 5.91 Å². The van der Waals surface area contributed by atoms with Crippen molar-refractivity contribution in [3.8, 4) is 0 Å². The summed E-state index contributed by atoms with van der Waals surface area (Å²) in [5.41, 5.74) is 2.14. The zero-order valence-electron chi connectivity index (χ0n) is 8.29. The molecule has 0 aromatic carbocycles. The van der Waals surface area contributed by atoms with Crippen LogP contribution in [0.3, 0.4) is 0 Å². The van der Waals surface area contributed by atoms with E-state index in [0.717, 1.165) is 17.9 Å². The topological polar surface area (TPSA) is 46.9 Å². The van der Waals surface area contributed by atoms with Crippen LogP contribution in [0.1, 0.15) is 18.3 Å². The van der Waals surface area contributed by atoms with Crippen molar-refractivity contribution in [2.24, 2.45) is 0 Å². The highest BCUT2D eigenvalue weighted by atomic mass is 16.1. The minimum Gasteiger partial charge on any atom is -0.354 e. The zero-order chi connectivity index (χ0) is 9.84. The van der Waals surface area contributed by atoms with Gasteiger partial charge in [-0.2, -0.15) is 5.10 Å². The van der Waals surface area contributed by atoms with Crippen LogP contribution in [-0.2, 0) is 11.3 Å². The van der Waals surface area contributed by atoms with Gasteiger partial charge < -0.3 is 5.32 Å². The van der Waals surface area contributed by atoms with E-state index in [4.69, 9.17) is 0 Å². The normalized spacial score (nSPS) is 10.1. The number of nitrogens with one attached hydrogen (secondary N) is 1. The molecule has 1 aromatic rings. The lowest BCUT2D eigenvalue weighted by atomic mass is 10.4. The lowest BCUT2D eigenvalue weighted by molar-refractivity contribution is -0.118. The van der Waals surface area contributed by atoms with Crippen LogP contribution >= 0.6 is 0 Å². The molecule has 0 radical (unpaired) electrons. The summed E-state index contributed by atoms with van der Waals surface area (Å²) in [7, 11) is 0. The fraction of sp³-hybridized carbons (Fsp3) is 0.556. The first-order valence-electron chi connectivity index (χ1n) is 4.35. The van der Waals surface area contributed by atoms with Gasteiger partial charge in [-0.15, -0.1) is 0 Å². The SMILES string of the molecule is CC(=O)NCCn1nc(C)cc1C. The van der Waals surface area contributed by atoms with Crippen LogP contribution in [0, 0.1) is 13.8 Å². The molecule has 0 fully saturated rings. The number of aryl methyl sites for hydroxylation is 2. The lowest BCUT2D eigenvalue weighted by Gasteiger charge is -2.04. The minimum absolute atomic E-state index is 0.00142. The third-order valence-electron chi connectivity index (χ3n) is 1.80. The van der Waals surface area contributed by atoms with E-state index in [1.54, 1.807) is 0 Å². The molecule has 13 heavy (non-hydrogen) atoms. The van der Waals surface area contributed by atoms with Crippen LogP contribution in [0.2, 0.25) is 0 Å². The summed E-state index contributed by atoms with van der Waals surface area (Å²) in [5, 5.41) is 7.00. The number of carbonyl (C=O) groups excluding carboxylic acids is 1. The van der Waals surface area contributed by atoms with E-state index >= 15 is 0 Å². The predicted octanol–water partition coefficient (Wildman–Crippen LogP) is 0.636. The Bertz CT molecular complexity index is 304. The van der Waals surface area contributed by atoms with Gasteiger partial charge in [-0.25, -0.2) is 0 Å². The number of carbonyl (C=O) groups is 1. The van der Waals surface area contributed by atoms with Crippen molar-refractivity contribution >= 4 is 5.91 Å². The molecule has 4 nitrogen and oxygen atoms in total. The Morgan fingerprint density at radius 3 is 2.77 bits per heavy atom. The maximum atomic E-state index is 10.6. The van der Waals surface area contributed by atoms with Gasteiger partial charge in [0, 0.05) is 19.2 Å². The number of hydrogen-bond acceptors (Lipinski definition) is 2. The average Bonchev–Trinajstić information content (AvgIpc) is 2.29. The lowest BCUT2D eigenvalue weighted by Crippen LogP contribution is -2.25. The highest BCUT2D eigenvalue weighted by molar-refractivity contribution is 5.72. The summed E-state index contributed by atoms with van der Waals surface area (Å²) in [6.07, 6.45) is 0. The second-order valence-corrected chi connectivity index (χ2v) is 3.13.